The normalized spacial score (nSPS) is 18.1. The number of sulfone groups is 2. The Morgan fingerprint density at radius 1 is 1.20 bits per heavy atom. The number of benzene rings is 1. The van der Waals surface area contributed by atoms with E-state index in [4.69, 9.17) is 0 Å². The standard InChI is InChI=1S/C14H18F2N2O5S2/c1-24(20,21)14(5-7-17-8-6-14)12(19)18-10-3-2-4-11(9-10)25(22,23)13(15)16/h2-4,9,13,17H,5-8H2,1H3,(H,18,19). The molecule has 1 aliphatic heterocycles. The Hall–Kier alpha value is -1.59. The van der Waals surface area contributed by atoms with Gasteiger partial charge in [0.15, 0.2) is 14.6 Å². The number of rotatable bonds is 5. The largest absolute Gasteiger partial charge is 0.341 e. The van der Waals surface area contributed by atoms with Gasteiger partial charge in [0, 0.05) is 11.9 Å². The Bertz CT molecular complexity index is 863. The van der Waals surface area contributed by atoms with Gasteiger partial charge in [0.25, 0.3) is 0 Å². The molecule has 25 heavy (non-hydrogen) atoms. The van der Waals surface area contributed by atoms with Gasteiger partial charge in [0.05, 0.1) is 4.90 Å². The number of alkyl halides is 2. The number of nitrogens with one attached hydrogen (secondary N) is 2. The lowest BCUT2D eigenvalue weighted by atomic mass is 9.95. The summed E-state index contributed by atoms with van der Waals surface area (Å²) in [6.45, 7) is 0.667. The highest BCUT2D eigenvalue weighted by Gasteiger charge is 2.48. The lowest BCUT2D eigenvalue weighted by Gasteiger charge is -2.34. The van der Waals surface area contributed by atoms with E-state index in [1.165, 1.54) is 12.1 Å². The predicted octanol–water partition coefficient (Wildman–Crippen LogP) is 0.788. The number of carbonyl (C=O) groups is 1. The van der Waals surface area contributed by atoms with Crippen molar-refractivity contribution >= 4 is 31.3 Å². The van der Waals surface area contributed by atoms with Crippen molar-refractivity contribution in [2.45, 2.75) is 28.2 Å². The third-order valence-corrected chi connectivity index (χ3v) is 7.58. The first-order chi connectivity index (χ1) is 11.5. The molecule has 0 atom stereocenters. The van der Waals surface area contributed by atoms with Crippen LogP contribution in [0, 0.1) is 0 Å². The number of piperidine rings is 1. The van der Waals surface area contributed by atoms with E-state index in [0.717, 1.165) is 18.4 Å². The summed E-state index contributed by atoms with van der Waals surface area (Å²) in [6, 6.07) is 4.37. The smallest absolute Gasteiger partial charge is 0.325 e. The monoisotopic (exact) mass is 396 g/mol. The van der Waals surface area contributed by atoms with Crippen molar-refractivity contribution in [2.24, 2.45) is 0 Å². The molecule has 1 amide bonds. The predicted molar refractivity (Wildman–Crippen MR) is 87.9 cm³/mol. The molecular weight excluding hydrogens is 378 g/mol. The van der Waals surface area contributed by atoms with E-state index in [1.807, 2.05) is 0 Å². The highest BCUT2D eigenvalue weighted by atomic mass is 32.2. The summed E-state index contributed by atoms with van der Waals surface area (Å²) in [5.41, 5.74) is -0.0618. The molecule has 11 heteroatoms. The van der Waals surface area contributed by atoms with Crippen LogP contribution in [0.15, 0.2) is 29.2 Å². The topological polar surface area (TPSA) is 109 Å². The zero-order valence-electron chi connectivity index (χ0n) is 13.3. The van der Waals surface area contributed by atoms with Crippen LogP contribution in [0.25, 0.3) is 0 Å². The van der Waals surface area contributed by atoms with Crippen LogP contribution < -0.4 is 10.6 Å². The minimum absolute atomic E-state index is 0.0618. The summed E-state index contributed by atoms with van der Waals surface area (Å²) >= 11 is 0. The van der Waals surface area contributed by atoms with Gasteiger partial charge in [-0.1, -0.05) is 6.07 Å². The van der Waals surface area contributed by atoms with Crippen molar-refractivity contribution in [3.05, 3.63) is 24.3 Å². The van der Waals surface area contributed by atoms with Gasteiger partial charge in [-0.15, -0.1) is 0 Å². The molecule has 0 aromatic heterocycles. The quantitative estimate of drug-likeness (QED) is 0.762. The van der Waals surface area contributed by atoms with Crippen molar-refractivity contribution in [1.82, 2.24) is 5.32 Å². The van der Waals surface area contributed by atoms with Crippen LogP contribution in [0.1, 0.15) is 12.8 Å². The van der Waals surface area contributed by atoms with E-state index in [1.54, 1.807) is 0 Å². The van der Waals surface area contributed by atoms with Crippen LogP contribution in [-0.4, -0.2) is 52.6 Å². The fourth-order valence-electron chi connectivity index (χ4n) is 2.70. The summed E-state index contributed by atoms with van der Waals surface area (Å²) in [7, 11) is -8.57. The summed E-state index contributed by atoms with van der Waals surface area (Å²) < 4.78 is 71.0. The molecule has 1 fully saturated rings. The summed E-state index contributed by atoms with van der Waals surface area (Å²) in [6.07, 6.45) is 1.09. The molecule has 2 N–H and O–H groups in total. The third kappa shape index (κ3) is 3.82. The van der Waals surface area contributed by atoms with Gasteiger partial charge in [-0.05, 0) is 44.1 Å². The second-order valence-corrected chi connectivity index (χ2v) is 10.0. The van der Waals surface area contributed by atoms with Crippen molar-refractivity contribution in [3.63, 3.8) is 0 Å². The molecule has 0 unspecified atom stereocenters. The Morgan fingerprint density at radius 3 is 2.32 bits per heavy atom. The molecule has 140 valence electrons. The molecule has 0 bridgehead atoms. The molecule has 0 aliphatic carbocycles. The number of hydrogen-bond donors (Lipinski definition) is 2. The highest BCUT2D eigenvalue weighted by molar-refractivity contribution is 7.93. The maximum atomic E-state index is 12.6. The Labute approximate surface area is 144 Å². The van der Waals surface area contributed by atoms with Crippen LogP contribution in [0.5, 0.6) is 0 Å². The maximum absolute atomic E-state index is 12.6. The molecule has 7 nitrogen and oxygen atoms in total. The second-order valence-electron chi connectivity index (χ2n) is 5.80. The van der Waals surface area contributed by atoms with Gasteiger partial charge in [-0.3, -0.25) is 4.79 Å². The van der Waals surface area contributed by atoms with Crippen LogP contribution in [-0.2, 0) is 24.5 Å². The van der Waals surface area contributed by atoms with Gasteiger partial charge < -0.3 is 10.6 Å². The zero-order valence-corrected chi connectivity index (χ0v) is 15.0. The van der Waals surface area contributed by atoms with E-state index >= 15 is 0 Å². The minimum atomic E-state index is -4.82. The van der Waals surface area contributed by atoms with Crippen molar-refractivity contribution in [1.29, 1.82) is 0 Å². The first-order valence-corrected chi connectivity index (χ1v) is 10.8. The zero-order chi connectivity index (χ0) is 18.9. The molecule has 1 aromatic carbocycles. The summed E-state index contributed by atoms with van der Waals surface area (Å²) in [4.78, 5) is 12.0. The first kappa shape index (κ1) is 19.7. The van der Waals surface area contributed by atoms with Crippen molar-refractivity contribution < 1.29 is 30.4 Å². The van der Waals surface area contributed by atoms with Crippen LogP contribution in [0.3, 0.4) is 0 Å². The third-order valence-electron chi connectivity index (χ3n) is 4.19. The molecule has 0 radical (unpaired) electrons. The molecule has 1 heterocycles. The van der Waals surface area contributed by atoms with E-state index < -0.39 is 41.0 Å². The van der Waals surface area contributed by atoms with Crippen LogP contribution >= 0.6 is 0 Å². The molecule has 1 saturated heterocycles. The van der Waals surface area contributed by atoms with Gasteiger partial charge in [0.1, 0.15) is 0 Å². The van der Waals surface area contributed by atoms with E-state index in [2.05, 4.69) is 10.6 Å². The Morgan fingerprint density at radius 2 is 1.80 bits per heavy atom. The first-order valence-electron chi connectivity index (χ1n) is 7.35. The fourth-order valence-corrected chi connectivity index (χ4v) is 4.79. The maximum Gasteiger partial charge on any atom is 0.341 e. The summed E-state index contributed by atoms with van der Waals surface area (Å²) in [5, 5.41) is 5.32. The van der Waals surface area contributed by atoms with Crippen LogP contribution in [0.2, 0.25) is 0 Å². The average molecular weight is 396 g/mol. The fraction of sp³-hybridized carbons (Fsp3) is 0.500. The molecule has 2 rings (SSSR count). The molecule has 1 aliphatic rings. The minimum Gasteiger partial charge on any atom is -0.325 e. The number of halogens is 2. The van der Waals surface area contributed by atoms with Crippen LogP contribution in [0.4, 0.5) is 14.5 Å². The molecular formula is C14H18F2N2O5S2. The lowest BCUT2D eigenvalue weighted by molar-refractivity contribution is -0.119. The van der Waals surface area contributed by atoms with Gasteiger partial charge >= 0.3 is 5.76 Å². The van der Waals surface area contributed by atoms with Gasteiger partial charge in [-0.2, -0.15) is 8.78 Å². The number of hydrogen-bond acceptors (Lipinski definition) is 6. The Kier molecular flexibility index (Phi) is 5.50. The van der Waals surface area contributed by atoms with Gasteiger partial charge in [0.2, 0.25) is 15.7 Å². The molecule has 0 spiro atoms. The van der Waals surface area contributed by atoms with E-state index in [-0.39, 0.29) is 18.5 Å². The molecule has 1 aromatic rings. The lowest BCUT2D eigenvalue weighted by Crippen LogP contribution is -2.55. The van der Waals surface area contributed by atoms with Gasteiger partial charge in [-0.25, -0.2) is 16.8 Å². The second kappa shape index (κ2) is 6.96. The van der Waals surface area contributed by atoms with E-state index in [9.17, 15) is 30.4 Å². The summed E-state index contributed by atoms with van der Waals surface area (Å²) in [5.74, 6) is -4.40. The SMILES string of the molecule is CS(=O)(=O)C1(C(=O)Nc2cccc(S(=O)(=O)C(F)F)c2)CCNCC1. The number of anilines is 1. The molecule has 0 saturated carbocycles. The van der Waals surface area contributed by atoms with E-state index in [0.29, 0.717) is 13.1 Å². The average Bonchev–Trinajstić information content (AvgIpc) is 2.54. The van der Waals surface area contributed by atoms with Crippen molar-refractivity contribution in [3.8, 4) is 0 Å². The number of amides is 1. The van der Waals surface area contributed by atoms with Crippen molar-refractivity contribution in [2.75, 3.05) is 24.7 Å². The number of carbonyl (C=O) groups excluding carboxylic acids is 1. The highest BCUT2D eigenvalue weighted by Crippen LogP contribution is 2.30. The Balaban J connectivity index is 2.34.